The fraction of sp³-hybridized carbons (Fsp3) is 0.381. The summed E-state index contributed by atoms with van der Waals surface area (Å²) in [5.41, 5.74) is 6.05. The number of carbonyl (C=O) groups is 2. The number of amides is 2. The number of likely N-dealkylation sites (N-methyl/N-ethyl adjacent to an activating group) is 1. The van der Waals surface area contributed by atoms with E-state index >= 15 is 0 Å². The Morgan fingerprint density at radius 1 is 1.00 bits per heavy atom. The Bertz CT molecular complexity index is 1290. The first kappa shape index (κ1) is 22.0. The van der Waals surface area contributed by atoms with Crippen molar-refractivity contribution in [1.82, 2.24) is 14.8 Å². The highest BCUT2D eigenvalue weighted by molar-refractivity contribution is 7.92. The molecule has 2 amide bonds. The second kappa shape index (κ2) is 7.75. The van der Waals surface area contributed by atoms with Gasteiger partial charge in [-0.2, -0.15) is 0 Å². The number of pyridine rings is 1. The van der Waals surface area contributed by atoms with E-state index in [0.29, 0.717) is 0 Å². The summed E-state index contributed by atoms with van der Waals surface area (Å²) < 4.78 is 27.2. The molecule has 3 heterocycles. The Balaban J connectivity index is 1.98. The molecule has 1 saturated heterocycles. The number of piperazine rings is 1. The van der Waals surface area contributed by atoms with Crippen LogP contribution in [0.25, 0.3) is 5.69 Å². The third kappa shape index (κ3) is 3.47. The van der Waals surface area contributed by atoms with Gasteiger partial charge in [0.05, 0.1) is 27.0 Å². The molecule has 1 fully saturated rings. The van der Waals surface area contributed by atoms with Gasteiger partial charge in [0.1, 0.15) is 5.82 Å². The zero-order chi connectivity index (χ0) is 23.4. The minimum absolute atomic E-state index is 0.0626. The summed E-state index contributed by atoms with van der Waals surface area (Å²) in [5, 5.41) is 1.37. The molecule has 11 heteroatoms. The third-order valence-electron chi connectivity index (χ3n) is 5.93. The van der Waals surface area contributed by atoms with Gasteiger partial charge in [0, 0.05) is 37.9 Å². The number of fused-ring (bicyclic) bond motifs is 1. The number of carbonyl (C=O) groups excluding carboxylic acids is 2. The van der Waals surface area contributed by atoms with Crippen LogP contribution in [0.4, 0.5) is 11.5 Å². The number of nitrogen functional groups attached to an aromatic ring is 1. The van der Waals surface area contributed by atoms with Gasteiger partial charge < -0.3 is 15.5 Å². The number of sulfone groups is 1. The van der Waals surface area contributed by atoms with Crippen molar-refractivity contribution >= 4 is 33.2 Å². The molecule has 1 aromatic heterocycles. The summed E-state index contributed by atoms with van der Waals surface area (Å²) in [6.45, 7) is 6.24. The third-order valence-corrected chi connectivity index (χ3v) is 8.13. The number of benzene rings is 1. The predicted molar refractivity (Wildman–Crippen MR) is 120 cm³/mol. The van der Waals surface area contributed by atoms with Crippen LogP contribution in [0, 0.1) is 0 Å². The number of anilines is 2. The number of hydrogen-bond donors (Lipinski definition) is 2. The fourth-order valence-electron chi connectivity index (χ4n) is 3.96. The number of nitrogens with zero attached hydrogens (tertiary/aromatic N) is 3. The van der Waals surface area contributed by atoms with Crippen molar-refractivity contribution < 1.29 is 18.0 Å². The molecular formula is C21H25N5O5S. The molecule has 1 aromatic carbocycles. The molecule has 0 unspecified atom stereocenters. The summed E-state index contributed by atoms with van der Waals surface area (Å²) in [7, 11) is -1.77. The Morgan fingerprint density at radius 2 is 1.66 bits per heavy atom. The summed E-state index contributed by atoms with van der Waals surface area (Å²) >= 11 is 0. The van der Waals surface area contributed by atoms with Crippen LogP contribution < -0.4 is 21.5 Å². The van der Waals surface area contributed by atoms with Crippen LogP contribution >= 0.6 is 0 Å². The topological polar surface area (TPSA) is 135 Å². The first-order valence-electron chi connectivity index (χ1n) is 10.3. The van der Waals surface area contributed by atoms with Gasteiger partial charge in [0.2, 0.25) is 0 Å². The van der Waals surface area contributed by atoms with E-state index in [4.69, 9.17) is 5.73 Å². The molecule has 0 spiro atoms. The highest BCUT2D eigenvalue weighted by Gasteiger charge is 2.33. The van der Waals surface area contributed by atoms with Gasteiger partial charge in [0.25, 0.3) is 17.4 Å². The van der Waals surface area contributed by atoms with Crippen LogP contribution in [0.5, 0.6) is 0 Å². The van der Waals surface area contributed by atoms with E-state index in [1.165, 1.54) is 6.07 Å². The van der Waals surface area contributed by atoms with Gasteiger partial charge in [-0.05, 0) is 39.1 Å². The Kier molecular flexibility index (Phi) is 5.33. The van der Waals surface area contributed by atoms with Gasteiger partial charge in [-0.3, -0.25) is 24.3 Å². The molecule has 170 valence electrons. The van der Waals surface area contributed by atoms with E-state index in [0.717, 1.165) is 42.5 Å². The Labute approximate surface area is 185 Å². The molecule has 3 N–H and O–H groups in total. The summed E-state index contributed by atoms with van der Waals surface area (Å²) in [4.78, 5) is 41.5. The highest BCUT2D eigenvalue weighted by atomic mass is 32.2. The maximum Gasteiger partial charge on any atom is 0.262 e. The van der Waals surface area contributed by atoms with Crippen molar-refractivity contribution in [2.24, 2.45) is 0 Å². The molecule has 0 atom stereocenters. The lowest BCUT2D eigenvalue weighted by atomic mass is 10.1. The summed E-state index contributed by atoms with van der Waals surface area (Å²) in [6, 6.07) is 5.82. The molecule has 2 aliphatic heterocycles. The van der Waals surface area contributed by atoms with Gasteiger partial charge in [-0.1, -0.05) is 0 Å². The van der Waals surface area contributed by atoms with Crippen molar-refractivity contribution in [3.05, 3.63) is 45.7 Å². The minimum Gasteiger partial charge on any atom is -0.384 e. The minimum atomic E-state index is -3.79. The second-order valence-electron chi connectivity index (χ2n) is 8.31. The molecule has 0 radical (unpaired) electrons. The quantitative estimate of drug-likeness (QED) is 0.621. The van der Waals surface area contributed by atoms with Crippen LogP contribution in [0.2, 0.25) is 0 Å². The van der Waals surface area contributed by atoms with Gasteiger partial charge in [-0.25, -0.2) is 8.42 Å². The zero-order valence-corrected chi connectivity index (χ0v) is 18.9. The smallest absolute Gasteiger partial charge is 0.262 e. The molecule has 2 aromatic rings. The molecule has 2 aliphatic rings. The monoisotopic (exact) mass is 459 g/mol. The molecule has 4 rings (SSSR count). The molecule has 32 heavy (non-hydrogen) atoms. The average Bonchev–Trinajstić information content (AvgIpc) is 3.01. The van der Waals surface area contributed by atoms with Gasteiger partial charge in [0.15, 0.2) is 9.84 Å². The summed E-state index contributed by atoms with van der Waals surface area (Å²) in [6.07, 6.45) is 0. The summed E-state index contributed by atoms with van der Waals surface area (Å²) in [5.74, 6) is -1.70. The van der Waals surface area contributed by atoms with Crippen LogP contribution in [0.1, 0.15) is 34.6 Å². The molecular weight excluding hydrogens is 434 g/mol. The van der Waals surface area contributed by atoms with Crippen LogP contribution in [-0.4, -0.2) is 68.2 Å². The Hall–Kier alpha value is -3.18. The van der Waals surface area contributed by atoms with E-state index in [9.17, 15) is 22.8 Å². The van der Waals surface area contributed by atoms with Crippen molar-refractivity contribution in [3.8, 4) is 5.69 Å². The van der Waals surface area contributed by atoms with Crippen molar-refractivity contribution in [3.63, 3.8) is 0 Å². The fourth-order valence-corrected chi connectivity index (χ4v) is 5.17. The van der Waals surface area contributed by atoms with E-state index in [-0.39, 0.29) is 27.5 Å². The lowest BCUT2D eigenvalue weighted by Crippen LogP contribution is -2.44. The van der Waals surface area contributed by atoms with E-state index in [2.05, 4.69) is 15.1 Å². The standard InChI is InChI=1S/C21H25N5O5S/c1-12(2)32(30,31)16-5-4-13(25-8-6-24(3)7-9-25)10-15(16)26-17(27)11-14-18(19(26)22)21(29)23-20(14)28/h4-5,10-12H,6-9,22H2,1-3H3,(H,23,28,29). The normalized spacial score (nSPS) is 17.1. The largest absolute Gasteiger partial charge is 0.384 e. The lowest BCUT2D eigenvalue weighted by Gasteiger charge is -2.34. The van der Waals surface area contributed by atoms with E-state index in [1.807, 2.05) is 7.05 Å². The first-order chi connectivity index (χ1) is 15.0. The molecule has 0 saturated carbocycles. The number of aromatic nitrogens is 1. The highest BCUT2D eigenvalue weighted by Crippen LogP contribution is 2.31. The van der Waals surface area contributed by atoms with Crippen LogP contribution in [0.15, 0.2) is 34.0 Å². The number of nitrogens with one attached hydrogen (secondary N) is 1. The second-order valence-corrected chi connectivity index (χ2v) is 10.8. The maximum absolute atomic E-state index is 13.1. The number of nitrogens with two attached hydrogens (primary N) is 1. The average molecular weight is 460 g/mol. The van der Waals surface area contributed by atoms with Crippen molar-refractivity contribution in [1.29, 1.82) is 0 Å². The van der Waals surface area contributed by atoms with Crippen molar-refractivity contribution in [2.75, 3.05) is 43.9 Å². The molecule has 0 aliphatic carbocycles. The molecule has 0 bridgehead atoms. The maximum atomic E-state index is 13.1. The van der Waals surface area contributed by atoms with Crippen LogP contribution in [0.3, 0.4) is 0 Å². The Morgan fingerprint density at radius 3 is 2.28 bits per heavy atom. The van der Waals surface area contributed by atoms with Gasteiger partial charge >= 0.3 is 0 Å². The zero-order valence-electron chi connectivity index (χ0n) is 18.1. The van der Waals surface area contributed by atoms with Gasteiger partial charge in [-0.15, -0.1) is 0 Å². The SMILES string of the molecule is CC(C)S(=O)(=O)c1ccc(N2CCN(C)CC2)cc1-n1c(N)c2c(cc1=O)C(=O)NC2=O. The van der Waals surface area contributed by atoms with Crippen LogP contribution in [-0.2, 0) is 9.84 Å². The number of rotatable bonds is 4. The van der Waals surface area contributed by atoms with E-state index in [1.54, 1.807) is 26.0 Å². The first-order valence-corrected chi connectivity index (χ1v) is 11.8. The predicted octanol–water partition coefficient (Wildman–Crippen LogP) is 0.237. The number of imide groups is 1. The lowest BCUT2D eigenvalue weighted by molar-refractivity contribution is 0.0880. The van der Waals surface area contributed by atoms with Crippen molar-refractivity contribution in [2.45, 2.75) is 24.0 Å². The number of hydrogen-bond acceptors (Lipinski definition) is 8. The van der Waals surface area contributed by atoms with E-state index < -0.39 is 32.5 Å². The molecule has 10 nitrogen and oxygen atoms in total.